The van der Waals surface area contributed by atoms with Crippen molar-refractivity contribution in [2.75, 3.05) is 7.11 Å². The van der Waals surface area contributed by atoms with E-state index in [4.69, 9.17) is 9.47 Å². The molecule has 1 unspecified atom stereocenters. The molecule has 0 bridgehead atoms. The van der Waals surface area contributed by atoms with Crippen molar-refractivity contribution in [2.45, 2.75) is 25.6 Å². The van der Waals surface area contributed by atoms with Gasteiger partial charge in [0.2, 0.25) is 5.88 Å². The minimum atomic E-state index is -0.533. The van der Waals surface area contributed by atoms with Crippen LogP contribution < -0.4 is 9.47 Å². The van der Waals surface area contributed by atoms with Gasteiger partial charge in [-0.25, -0.2) is 4.68 Å². The van der Waals surface area contributed by atoms with Crippen LogP contribution in [0.2, 0.25) is 0 Å². The first kappa shape index (κ1) is 13.0. The summed E-state index contributed by atoms with van der Waals surface area (Å²) in [6.45, 7) is 1.92. The van der Waals surface area contributed by atoms with E-state index in [-0.39, 0.29) is 6.10 Å². The molecule has 0 spiro atoms. The highest BCUT2D eigenvalue weighted by Gasteiger charge is 2.32. The second-order valence-corrected chi connectivity index (χ2v) is 5.03. The van der Waals surface area contributed by atoms with Crippen LogP contribution in [0.5, 0.6) is 11.6 Å². The zero-order valence-electron chi connectivity index (χ0n) is 11.8. The van der Waals surface area contributed by atoms with Gasteiger partial charge in [-0.15, -0.1) is 0 Å². The number of ether oxygens (including phenoxy) is 2. The van der Waals surface area contributed by atoms with Gasteiger partial charge in [0.05, 0.1) is 24.5 Å². The van der Waals surface area contributed by atoms with Crippen molar-refractivity contribution in [1.82, 2.24) is 9.78 Å². The molecule has 0 saturated carbocycles. The highest BCUT2D eigenvalue weighted by molar-refractivity contribution is 5.41. The van der Waals surface area contributed by atoms with E-state index in [1.54, 1.807) is 11.8 Å². The Hall–Kier alpha value is -2.01. The third-order valence-electron chi connectivity index (χ3n) is 3.71. The molecule has 0 aliphatic carbocycles. The average Bonchev–Trinajstić information content (AvgIpc) is 2.72. The third-order valence-corrected chi connectivity index (χ3v) is 3.71. The smallest absolute Gasteiger partial charge is 0.218 e. The molecule has 106 valence electrons. The number of aliphatic hydroxyl groups is 1. The molecular formula is C15H18N2O3. The summed E-state index contributed by atoms with van der Waals surface area (Å²) in [5.41, 5.74) is 2.61. The number of hydrogen-bond donors (Lipinski definition) is 1. The van der Waals surface area contributed by atoms with Crippen molar-refractivity contribution >= 4 is 0 Å². The average molecular weight is 274 g/mol. The van der Waals surface area contributed by atoms with Crippen LogP contribution in [-0.2, 0) is 7.05 Å². The van der Waals surface area contributed by atoms with E-state index in [9.17, 15) is 5.11 Å². The first-order chi connectivity index (χ1) is 9.61. The summed E-state index contributed by atoms with van der Waals surface area (Å²) in [6.07, 6.45) is -0.280. The molecule has 1 aromatic heterocycles. The van der Waals surface area contributed by atoms with Crippen LogP contribution in [0.4, 0.5) is 0 Å². The van der Waals surface area contributed by atoms with Gasteiger partial charge in [-0.05, 0) is 13.0 Å². The predicted octanol–water partition coefficient (Wildman–Crippen LogP) is 2.29. The summed E-state index contributed by atoms with van der Waals surface area (Å²) in [7, 11) is 3.45. The first-order valence-electron chi connectivity index (χ1n) is 6.63. The number of aliphatic hydroxyl groups excluding tert-OH is 1. The molecule has 3 rings (SSSR count). The van der Waals surface area contributed by atoms with E-state index >= 15 is 0 Å². The van der Waals surface area contributed by atoms with Crippen LogP contribution in [-0.4, -0.2) is 22.0 Å². The van der Waals surface area contributed by atoms with Gasteiger partial charge in [-0.3, -0.25) is 0 Å². The summed E-state index contributed by atoms with van der Waals surface area (Å²) in [5.74, 6) is 1.40. The lowest BCUT2D eigenvalue weighted by Gasteiger charge is -2.29. The number of rotatable bonds is 2. The van der Waals surface area contributed by atoms with Crippen LogP contribution in [0, 0.1) is 6.92 Å². The Morgan fingerprint density at radius 3 is 2.90 bits per heavy atom. The van der Waals surface area contributed by atoms with E-state index in [0.29, 0.717) is 12.3 Å². The Bertz CT molecular complexity index is 636. The minimum Gasteiger partial charge on any atom is -0.485 e. The molecule has 2 aromatic rings. The molecule has 0 fully saturated rings. The molecule has 1 aromatic carbocycles. The van der Waals surface area contributed by atoms with Gasteiger partial charge in [0, 0.05) is 19.0 Å². The van der Waals surface area contributed by atoms with Crippen molar-refractivity contribution in [2.24, 2.45) is 7.05 Å². The Labute approximate surface area is 117 Å². The number of fused-ring (bicyclic) bond motifs is 1. The van der Waals surface area contributed by atoms with Crippen LogP contribution in [0.25, 0.3) is 0 Å². The van der Waals surface area contributed by atoms with E-state index in [1.807, 2.05) is 38.2 Å². The Morgan fingerprint density at radius 2 is 2.15 bits per heavy atom. The molecule has 5 nitrogen and oxygen atoms in total. The number of hydrogen-bond acceptors (Lipinski definition) is 4. The first-order valence-corrected chi connectivity index (χ1v) is 6.63. The minimum absolute atomic E-state index is 0.247. The fourth-order valence-corrected chi connectivity index (χ4v) is 2.84. The monoisotopic (exact) mass is 274 g/mol. The summed E-state index contributed by atoms with van der Waals surface area (Å²) in [6, 6.07) is 7.58. The molecule has 1 N–H and O–H groups in total. The maximum atomic E-state index is 10.3. The number of aromatic nitrogens is 2. The lowest BCUT2D eigenvalue weighted by molar-refractivity contribution is 0.0641. The summed E-state index contributed by atoms with van der Waals surface area (Å²) >= 11 is 0. The number of nitrogens with zero attached hydrogens (tertiary/aromatic N) is 2. The fourth-order valence-electron chi connectivity index (χ4n) is 2.84. The van der Waals surface area contributed by atoms with Crippen molar-refractivity contribution in [1.29, 1.82) is 0 Å². The largest absolute Gasteiger partial charge is 0.485 e. The maximum absolute atomic E-state index is 10.3. The molecule has 2 heterocycles. The standard InChI is InChI=1S/C15H18N2O3/c1-9-14(15(19-3)17(2)16-9)13-8-11(18)10-6-4-5-7-12(10)20-13/h4-7,11,13,18H,8H2,1-3H3/t11-,13?/m1/s1. The molecular weight excluding hydrogens is 256 g/mol. The maximum Gasteiger partial charge on any atom is 0.218 e. The Morgan fingerprint density at radius 1 is 1.40 bits per heavy atom. The summed E-state index contributed by atoms with van der Waals surface area (Å²) in [5, 5.41) is 14.7. The van der Waals surface area contributed by atoms with Crippen LogP contribution in [0.1, 0.15) is 35.4 Å². The fraction of sp³-hybridized carbons (Fsp3) is 0.400. The molecule has 2 atom stereocenters. The number of para-hydroxylation sites is 1. The van der Waals surface area contributed by atoms with E-state index in [1.165, 1.54) is 0 Å². The van der Waals surface area contributed by atoms with Crippen molar-refractivity contribution < 1.29 is 14.6 Å². The summed E-state index contributed by atoms with van der Waals surface area (Å²) < 4.78 is 13.1. The zero-order chi connectivity index (χ0) is 14.3. The Kier molecular flexibility index (Phi) is 3.14. The highest BCUT2D eigenvalue weighted by Crippen LogP contribution is 2.43. The Balaban J connectivity index is 2.02. The van der Waals surface area contributed by atoms with Gasteiger partial charge in [0.25, 0.3) is 0 Å². The van der Waals surface area contributed by atoms with Crippen molar-refractivity contribution in [3.05, 3.63) is 41.1 Å². The SMILES string of the molecule is COc1c(C2C[C@@H](O)c3ccccc3O2)c(C)nn1C. The second-order valence-electron chi connectivity index (χ2n) is 5.03. The number of methoxy groups -OCH3 is 1. The van der Waals surface area contributed by atoms with E-state index in [0.717, 1.165) is 22.6 Å². The van der Waals surface area contributed by atoms with Gasteiger partial charge in [0.1, 0.15) is 11.9 Å². The molecule has 5 heteroatoms. The molecule has 1 aliphatic rings. The van der Waals surface area contributed by atoms with Crippen LogP contribution >= 0.6 is 0 Å². The molecule has 0 saturated heterocycles. The quantitative estimate of drug-likeness (QED) is 0.913. The van der Waals surface area contributed by atoms with Crippen molar-refractivity contribution in [3.8, 4) is 11.6 Å². The lowest BCUT2D eigenvalue weighted by atomic mass is 9.95. The third kappa shape index (κ3) is 1.94. The second kappa shape index (κ2) is 4.83. The normalized spacial score (nSPS) is 21.2. The predicted molar refractivity (Wildman–Crippen MR) is 73.9 cm³/mol. The lowest BCUT2D eigenvalue weighted by Crippen LogP contribution is -2.19. The summed E-state index contributed by atoms with van der Waals surface area (Å²) in [4.78, 5) is 0. The topological polar surface area (TPSA) is 56.5 Å². The van der Waals surface area contributed by atoms with Gasteiger partial charge in [0.15, 0.2) is 0 Å². The van der Waals surface area contributed by atoms with E-state index < -0.39 is 6.10 Å². The molecule has 0 amide bonds. The molecule has 0 radical (unpaired) electrons. The number of benzene rings is 1. The van der Waals surface area contributed by atoms with Gasteiger partial charge < -0.3 is 14.6 Å². The molecule has 1 aliphatic heterocycles. The highest BCUT2D eigenvalue weighted by atomic mass is 16.5. The van der Waals surface area contributed by atoms with Gasteiger partial charge in [-0.2, -0.15) is 5.10 Å². The van der Waals surface area contributed by atoms with Crippen LogP contribution in [0.15, 0.2) is 24.3 Å². The van der Waals surface area contributed by atoms with Crippen LogP contribution in [0.3, 0.4) is 0 Å². The molecule has 20 heavy (non-hydrogen) atoms. The number of aryl methyl sites for hydroxylation is 2. The van der Waals surface area contributed by atoms with Gasteiger partial charge >= 0.3 is 0 Å². The zero-order valence-corrected chi connectivity index (χ0v) is 11.8. The van der Waals surface area contributed by atoms with Crippen molar-refractivity contribution in [3.63, 3.8) is 0 Å². The van der Waals surface area contributed by atoms with Gasteiger partial charge in [-0.1, -0.05) is 18.2 Å². The van der Waals surface area contributed by atoms with E-state index in [2.05, 4.69) is 5.10 Å².